The first kappa shape index (κ1) is 15.1. The molecule has 0 amide bonds. The van der Waals surface area contributed by atoms with E-state index in [0.29, 0.717) is 11.9 Å². The quantitative estimate of drug-likeness (QED) is 0.832. The first-order valence-corrected chi connectivity index (χ1v) is 6.23. The van der Waals surface area contributed by atoms with Gasteiger partial charge in [-0.05, 0) is 0 Å². The lowest BCUT2D eigenvalue weighted by molar-refractivity contribution is 0.496. The highest BCUT2D eigenvalue weighted by Crippen LogP contribution is 2.25. The molecule has 0 bridgehead atoms. The maximum atomic E-state index is 13.6. The summed E-state index contributed by atoms with van der Waals surface area (Å²) >= 11 is 0. The summed E-state index contributed by atoms with van der Waals surface area (Å²) in [6.07, 6.45) is 0. The predicted octanol–water partition coefficient (Wildman–Crippen LogP) is 3.52. The second kappa shape index (κ2) is 5.23. The van der Waals surface area contributed by atoms with Crippen molar-refractivity contribution in [3.63, 3.8) is 0 Å². The van der Waals surface area contributed by atoms with Crippen molar-refractivity contribution < 1.29 is 13.2 Å². The first-order chi connectivity index (χ1) is 9.66. The molecular weight excluding hydrogens is 281 g/mol. The number of anilines is 3. The minimum absolute atomic E-state index is 0.195. The number of benzene rings is 1. The fourth-order valence-electron chi connectivity index (χ4n) is 1.62. The van der Waals surface area contributed by atoms with E-state index in [0.717, 1.165) is 6.07 Å². The third-order valence-corrected chi connectivity index (χ3v) is 2.69. The molecule has 0 fully saturated rings. The monoisotopic (exact) mass is 296 g/mol. The van der Waals surface area contributed by atoms with Gasteiger partial charge in [-0.2, -0.15) is 0 Å². The Labute approximate surface area is 120 Å². The van der Waals surface area contributed by atoms with Gasteiger partial charge >= 0.3 is 0 Å². The molecule has 0 atom stereocenters. The van der Waals surface area contributed by atoms with Crippen LogP contribution in [0, 0.1) is 17.5 Å². The Bertz CT molecular complexity index is 681. The summed E-state index contributed by atoms with van der Waals surface area (Å²) in [5.74, 6) is -2.48. The normalized spacial score (nSPS) is 11.5. The molecule has 1 heterocycles. The molecule has 0 saturated heterocycles. The van der Waals surface area contributed by atoms with Crippen LogP contribution in [0.25, 0.3) is 0 Å². The molecule has 112 valence electrons. The summed E-state index contributed by atoms with van der Waals surface area (Å²) in [6.45, 7) is 5.68. The fourth-order valence-corrected chi connectivity index (χ4v) is 1.62. The smallest absolute Gasteiger partial charge is 0.161 e. The van der Waals surface area contributed by atoms with Crippen LogP contribution in [0.5, 0.6) is 0 Å². The van der Waals surface area contributed by atoms with Gasteiger partial charge in [0, 0.05) is 23.6 Å². The van der Waals surface area contributed by atoms with Crippen LogP contribution in [0.2, 0.25) is 0 Å². The molecule has 4 nitrogen and oxygen atoms in total. The fraction of sp³-hybridized carbons (Fsp3) is 0.286. The van der Waals surface area contributed by atoms with E-state index in [2.05, 4.69) is 15.3 Å². The number of hydrogen-bond donors (Lipinski definition) is 2. The van der Waals surface area contributed by atoms with E-state index < -0.39 is 17.5 Å². The van der Waals surface area contributed by atoms with E-state index in [1.165, 1.54) is 6.07 Å². The van der Waals surface area contributed by atoms with Crippen LogP contribution in [0.1, 0.15) is 26.6 Å². The Morgan fingerprint density at radius 1 is 0.952 bits per heavy atom. The number of rotatable bonds is 2. The first-order valence-electron chi connectivity index (χ1n) is 6.23. The highest BCUT2D eigenvalue weighted by atomic mass is 19.2. The summed E-state index contributed by atoms with van der Waals surface area (Å²) in [4.78, 5) is 8.31. The molecule has 21 heavy (non-hydrogen) atoms. The molecule has 0 radical (unpaired) electrons. The van der Waals surface area contributed by atoms with Crippen molar-refractivity contribution in [2.45, 2.75) is 26.2 Å². The second-order valence-electron chi connectivity index (χ2n) is 5.62. The van der Waals surface area contributed by atoms with Crippen molar-refractivity contribution >= 4 is 17.3 Å². The van der Waals surface area contributed by atoms with Crippen LogP contribution in [0.4, 0.5) is 30.5 Å². The second-order valence-corrected chi connectivity index (χ2v) is 5.62. The molecule has 0 spiro atoms. The zero-order valence-corrected chi connectivity index (χ0v) is 11.8. The number of nitrogens with zero attached hydrogens (tertiary/aromatic N) is 2. The van der Waals surface area contributed by atoms with Gasteiger partial charge < -0.3 is 11.1 Å². The number of nitrogens with one attached hydrogen (secondary N) is 1. The largest absolute Gasteiger partial charge is 0.384 e. The van der Waals surface area contributed by atoms with E-state index in [1.54, 1.807) is 0 Å². The maximum Gasteiger partial charge on any atom is 0.161 e. The highest BCUT2D eigenvalue weighted by Gasteiger charge is 2.19. The predicted molar refractivity (Wildman–Crippen MR) is 74.7 cm³/mol. The molecule has 2 rings (SSSR count). The number of halogens is 3. The van der Waals surface area contributed by atoms with Crippen LogP contribution in [-0.4, -0.2) is 9.97 Å². The molecule has 1 aromatic heterocycles. The van der Waals surface area contributed by atoms with E-state index in [1.807, 2.05) is 20.8 Å². The highest BCUT2D eigenvalue weighted by molar-refractivity contribution is 5.59. The van der Waals surface area contributed by atoms with Crippen molar-refractivity contribution in [3.8, 4) is 0 Å². The summed E-state index contributed by atoms with van der Waals surface area (Å²) < 4.78 is 39.7. The lowest BCUT2D eigenvalue weighted by Gasteiger charge is -2.18. The number of nitrogen functional groups attached to an aromatic ring is 1. The van der Waals surface area contributed by atoms with Crippen molar-refractivity contribution in [3.05, 3.63) is 41.5 Å². The average molecular weight is 296 g/mol. The van der Waals surface area contributed by atoms with Gasteiger partial charge in [0.05, 0.1) is 5.69 Å². The average Bonchev–Trinajstić information content (AvgIpc) is 2.34. The summed E-state index contributed by atoms with van der Waals surface area (Å²) in [7, 11) is 0. The topological polar surface area (TPSA) is 63.8 Å². The minimum Gasteiger partial charge on any atom is -0.384 e. The molecule has 0 unspecified atom stereocenters. The molecule has 7 heteroatoms. The van der Waals surface area contributed by atoms with Crippen LogP contribution in [-0.2, 0) is 5.41 Å². The Morgan fingerprint density at radius 2 is 1.57 bits per heavy atom. The molecule has 0 aliphatic heterocycles. The van der Waals surface area contributed by atoms with Gasteiger partial charge in [0.1, 0.15) is 23.3 Å². The van der Waals surface area contributed by atoms with Gasteiger partial charge in [-0.15, -0.1) is 0 Å². The summed E-state index contributed by atoms with van der Waals surface area (Å²) in [6, 6.07) is 2.57. The van der Waals surface area contributed by atoms with Gasteiger partial charge in [0.15, 0.2) is 11.6 Å². The molecule has 0 saturated carbocycles. The van der Waals surface area contributed by atoms with E-state index in [-0.39, 0.29) is 22.7 Å². The lowest BCUT2D eigenvalue weighted by atomic mass is 9.96. The Kier molecular flexibility index (Phi) is 3.76. The minimum atomic E-state index is -1.25. The number of nitrogens with two attached hydrogens (primary N) is 1. The van der Waals surface area contributed by atoms with Gasteiger partial charge in [-0.25, -0.2) is 23.1 Å². The molecule has 1 aromatic carbocycles. The van der Waals surface area contributed by atoms with Crippen LogP contribution < -0.4 is 11.1 Å². The number of aromatic nitrogens is 2. The van der Waals surface area contributed by atoms with Crippen molar-refractivity contribution in [2.75, 3.05) is 11.1 Å². The van der Waals surface area contributed by atoms with Crippen LogP contribution in [0.15, 0.2) is 18.2 Å². The molecule has 2 aromatic rings. The van der Waals surface area contributed by atoms with E-state index in [9.17, 15) is 13.2 Å². The van der Waals surface area contributed by atoms with E-state index >= 15 is 0 Å². The van der Waals surface area contributed by atoms with E-state index in [4.69, 9.17) is 5.73 Å². The summed E-state index contributed by atoms with van der Waals surface area (Å²) in [5.41, 5.74) is 5.09. The Balaban J connectivity index is 2.40. The zero-order valence-electron chi connectivity index (χ0n) is 11.8. The van der Waals surface area contributed by atoms with Gasteiger partial charge in [0.2, 0.25) is 0 Å². The van der Waals surface area contributed by atoms with Gasteiger partial charge in [-0.1, -0.05) is 20.8 Å². The van der Waals surface area contributed by atoms with Crippen LogP contribution >= 0.6 is 0 Å². The molecular formula is C14H15F3N4. The Hall–Kier alpha value is -2.31. The SMILES string of the molecule is CC(C)(C)c1nc(N)cc(Nc2cc(F)c(F)cc2F)n1. The van der Waals surface area contributed by atoms with Crippen LogP contribution in [0.3, 0.4) is 0 Å². The van der Waals surface area contributed by atoms with Crippen molar-refractivity contribution in [1.82, 2.24) is 9.97 Å². The third kappa shape index (κ3) is 3.42. The van der Waals surface area contributed by atoms with Crippen molar-refractivity contribution in [2.24, 2.45) is 0 Å². The van der Waals surface area contributed by atoms with Crippen molar-refractivity contribution in [1.29, 1.82) is 0 Å². The van der Waals surface area contributed by atoms with Gasteiger partial charge in [0.25, 0.3) is 0 Å². The maximum absolute atomic E-state index is 13.6. The Morgan fingerprint density at radius 3 is 2.19 bits per heavy atom. The molecule has 0 aliphatic rings. The van der Waals surface area contributed by atoms with Gasteiger partial charge in [-0.3, -0.25) is 0 Å². The zero-order chi connectivity index (χ0) is 15.8. The third-order valence-electron chi connectivity index (χ3n) is 2.69. The standard InChI is InChI=1S/C14H15F3N4/c1-14(2,3)13-20-11(18)6-12(21-13)19-10-5-8(16)7(15)4-9(10)17/h4-6H,1-3H3,(H3,18,19,20,21). The molecule has 3 N–H and O–H groups in total. The lowest BCUT2D eigenvalue weighted by Crippen LogP contribution is -2.17. The number of hydrogen-bond acceptors (Lipinski definition) is 4. The summed E-state index contributed by atoms with van der Waals surface area (Å²) in [5, 5.41) is 2.58. The molecule has 0 aliphatic carbocycles.